The summed E-state index contributed by atoms with van der Waals surface area (Å²) in [7, 11) is -1.89. The van der Waals surface area contributed by atoms with E-state index < -0.39 is 9.84 Å². The van der Waals surface area contributed by atoms with Crippen molar-refractivity contribution in [2.45, 2.75) is 24.0 Å². The van der Waals surface area contributed by atoms with Gasteiger partial charge in [-0.15, -0.1) is 0 Å². The van der Waals surface area contributed by atoms with Gasteiger partial charge in [0.05, 0.1) is 6.20 Å². The number of sulfone groups is 1. The van der Waals surface area contributed by atoms with E-state index in [4.69, 9.17) is 4.74 Å². The Morgan fingerprint density at radius 3 is 2.62 bits per heavy atom. The summed E-state index contributed by atoms with van der Waals surface area (Å²) in [5.41, 5.74) is 0.681. The van der Waals surface area contributed by atoms with E-state index in [0.717, 1.165) is 6.26 Å². The molecular formula is C12H16N4O4S. The first kappa shape index (κ1) is 14.2. The summed E-state index contributed by atoms with van der Waals surface area (Å²) in [5, 5.41) is -0.263. The van der Waals surface area contributed by atoms with Gasteiger partial charge in [0.15, 0.2) is 5.65 Å². The highest BCUT2D eigenvalue weighted by molar-refractivity contribution is 7.90. The van der Waals surface area contributed by atoms with E-state index in [2.05, 4.69) is 9.97 Å². The number of hydrogen-bond acceptors (Lipinski definition) is 6. The maximum Gasteiger partial charge on any atom is 0.330 e. The topological polar surface area (TPSA) is 96.1 Å². The summed E-state index contributed by atoms with van der Waals surface area (Å²) in [4.78, 5) is 20.4. The van der Waals surface area contributed by atoms with E-state index in [9.17, 15) is 13.2 Å². The Labute approximate surface area is 121 Å². The lowest BCUT2D eigenvalue weighted by molar-refractivity contribution is 0.0695. The average Bonchev–Trinajstić information content (AvgIpc) is 2.70. The van der Waals surface area contributed by atoms with Gasteiger partial charge in [-0.2, -0.15) is 4.98 Å². The fraction of sp³-hybridized carbons (Fsp3) is 0.583. The van der Waals surface area contributed by atoms with Gasteiger partial charge in [0.2, 0.25) is 15.0 Å². The highest BCUT2D eigenvalue weighted by Gasteiger charge is 2.24. The lowest BCUT2D eigenvalue weighted by Gasteiger charge is -2.22. The molecule has 2 aromatic rings. The number of rotatable bonds is 2. The normalized spacial score (nSPS) is 17.4. The van der Waals surface area contributed by atoms with Crippen LogP contribution in [0.15, 0.2) is 16.1 Å². The van der Waals surface area contributed by atoms with Crippen molar-refractivity contribution in [1.29, 1.82) is 0 Å². The van der Waals surface area contributed by atoms with Gasteiger partial charge < -0.3 is 4.74 Å². The van der Waals surface area contributed by atoms with Gasteiger partial charge in [-0.3, -0.25) is 9.13 Å². The van der Waals surface area contributed by atoms with E-state index in [1.54, 1.807) is 11.6 Å². The van der Waals surface area contributed by atoms with Crippen molar-refractivity contribution in [3.63, 3.8) is 0 Å². The van der Waals surface area contributed by atoms with Crippen LogP contribution >= 0.6 is 0 Å². The quantitative estimate of drug-likeness (QED) is 0.718. The van der Waals surface area contributed by atoms with Crippen molar-refractivity contribution in [2.75, 3.05) is 19.5 Å². The Hall–Kier alpha value is -1.74. The number of ether oxygens (including phenoxy) is 1. The van der Waals surface area contributed by atoms with Crippen LogP contribution in [0.1, 0.15) is 18.9 Å². The summed E-state index contributed by atoms with van der Waals surface area (Å²) in [6, 6.07) is -0.0303. The van der Waals surface area contributed by atoms with Crippen molar-refractivity contribution in [3.8, 4) is 0 Å². The maximum absolute atomic E-state index is 12.4. The molecule has 0 spiro atoms. The molecule has 0 amide bonds. The van der Waals surface area contributed by atoms with Gasteiger partial charge in [0.25, 0.3) is 0 Å². The first-order chi connectivity index (χ1) is 9.89. The Balaban J connectivity index is 2.26. The molecule has 0 saturated carbocycles. The molecule has 9 heteroatoms. The number of fused-ring (bicyclic) bond motifs is 1. The smallest absolute Gasteiger partial charge is 0.330 e. The summed E-state index contributed by atoms with van der Waals surface area (Å²) in [6.45, 7) is 1.16. The highest BCUT2D eigenvalue weighted by Crippen LogP contribution is 2.23. The number of nitrogens with zero attached hydrogens (tertiary/aromatic N) is 4. The molecule has 1 saturated heterocycles. The second kappa shape index (κ2) is 4.92. The fourth-order valence-electron chi connectivity index (χ4n) is 2.57. The van der Waals surface area contributed by atoms with E-state index >= 15 is 0 Å². The molecule has 21 heavy (non-hydrogen) atoms. The first-order valence-electron chi connectivity index (χ1n) is 6.61. The van der Waals surface area contributed by atoms with Crippen molar-refractivity contribution < 1.29 is 13.2 Å². The number of aromatic nitrogens is 4. The number of imidazole rings is 1. The zero-order chi connectivity index (χ0) is 15.2. The molecule has 0 aromatic carbocycles. The molecule has 1 aliphatic rings. The van der Waals surface area contributed by atoms with E-state index in [1.807, 2.05) is 0 Å². The van der Waals surface area contributed by atoms with E-state index in [0.29, 0.717) is 37.2 Å². The fourth-order valence-corrected chi connectivity index (χ4v) is 3.07. The molecule has 2 aromatic heterocycles. The van der Waals surface area contributed by atoms with Crippen LogP contribution in [0.5, 0.6) is 0 Å². The first-order valence-corrected chi connectivity index (χ1v) is 8.50. The molecule has 8 nitrogen and oxygen atoms in total. The molecule has 3 rings (SSSR count). The summed E-state index contributed by atoms with van der Waals surface area (Å²) >= 11 is 0. The standard InChI is InChI=1S/C12H16N4O4S/c1-15-9-7-13-11(21(2,18)19)14-10(9)16(12(15)17)8-3-5-20-6-4-8/h7-8H,3-6H2,1-2H3. The molecule has 0 radical (unpaired) electrons. The van der Waals surface area contributed by atoms with E-state index in [-0.39, 0.29) is 16.9 Å². The SMILES string of the molecule is Cn1c(=O)n(C2CCOCC2)c2nc(S(C)(=O)=O)ncc21. The lowest BCUT2D eigenvalue weighted by atomic mass is 10.1. The van der Waals surface area contributed by atoms with Crippen LogP contribution in [0.4, 0.5) is 0 Å². The zero-order valence-electron chi connectivity index (χ0n) is 11.8. The highest BCUT2D eigenvalue weighted by atomic mass is 32.2. The molecule has 0 N–H and O–H groups in total. The molecule has 1 aliphatic heterocycles. The predicted octanol–water partition coefficient (Wildman–Crippen LogP) is -0.115. The lowest BCUT2D eigenvalue weighted by Crippen LogP contribution is -2.30. The van der Waals surface area contributed by atoms with Crippen molar-refractivity contribution in [2.24, 2.45) is 7.05 Å². The number of aryl methyl sites for hydroxylation is 1. The molecule has 0 aliphatic carbocycles. The predicted molar refractivity (Wildman–Crippen MR) is 75.0 cm³/mol. The van der Waals surface area contributed by atoms with Crippen molar-refractivity contribution >= 4 is 21.0 Å². The van der Waals surface area contributed by atoms with Gasteiger partial charge in [-0.1, -0.05) is 0 Å². The molecule has 0 bridgehead atoms. The van der Waals surface area contributed by atoms with Crippen LogP contribution in [0.25, 0.3) is 11.2 Å². The maximum atomic E-state index is 12.4. The van der Waals surface area contributed by atoms with Gasteiger partial charge in [0, 0.05) is 32.6 Å². The van der Waals surface area contributed by atoms with Crippen molar-refractivity contribution in [3.05, 3.63) is 16.7 Å². The molecule has 0 atom stereocenters. The van der Waals surface area contributed by atoms with Crippen LogP contribution in [0.2, 0.25) is 0 Å². The van der Waals surface area contributed by atoms with Crippen molar-refractivity contribution in [1.82, 2.24) is 19.1 Å². The minimum atomic E-state index is -3.52. The third-order valence-electron chi connectivity index (χ3n) is 3.70. The summed E-state index contributed by atoms with van der Waals surface area (Å²) in [5.74, 6) is 0. The van der Waals surface area contributed by atoms with Crippen LogP contribution < -0.4 is 5.69 Å². The Bertz CT molecular complexity index is 846. The van der Waals surface area contributed by atoms with Crippen LogP contribution in [0.3, 0.4) is 0 Å². The van der Waals surface area contributed by atoms with Gasteiger partial charge >= 0.3 is 5.69 Å². The molecular weight excluding hydrogens is 296 g/mol. The van der Waals surface area contributed by atoms with Gasteiger partial charge in [0.1, 0.15) is 5.52 Å². The minimum Gasteiger partial charge on any atom is -0.381 e. The van der Waals surface area contributed by atoms with Crippen LogP contribution in [0, 0.1) is 0 Å². The van der Waals surface area contributed by atoms with E-state index in [1.165, 1.54) is 10.8 Å². The van der Waals surface area contributed by atoms with Gasteiger partial charge in [-0.05, 0) is 12.8 Å². The molecule has 3 heterocycles. The largest absolute Gasteiger partial charge is 0.381 e. The Morgan fingerprint density at radius 1 is 1.33 bits per heavy atom. The minimum absolute atomic E-state index is 0.0303. The zero-order valence-corrected chi connectivity index (χ0v) is 12.6. The summed E-state index contributed by atoms with van der Waals surface area (Å²) < 4.78 is 31.5. The Morgan fingerprint density at radius 2 is 2.00 bits per heavy atom. The van der Waals surface area contributed by atoms with Gasteiger partial charge in [-0.25, -0.2) is 18.2 Å². The molecule has 1 fully saturated rings. The molecule has 114 valence electrons. The Kier molecular flexibility index (Phi) is 3.33. The average molecular weight is 312 g/mol. The number of hydrogen-bond donors (Lipinski definition) is 0. The molecule has 0 unspecified atom stereocenters. The third-order valence-corrected chi connectivity index (χ3v) is 4.56. The summed E-state index contributed by atoms with van der Waals surface area (Å²) in [6.07, 6.45) is 3.85. The van der Waals surface area contributed by atoms with Crippen LogP contribution in [-0.2, 0) is 21.6 Å². The monoisotopic (exact) mass is 312 g/mol. The third kappa shape index (κ3) is 2.36. The van der Waals surface area contributed by atoms with Crippen LogP contribution in [-0.4, -0.2) is 47.0 Å². The second-order valence-electron chi connectivity index (χ2n) is 5.19. The second-order valence-corrected chi connectivity index (χ2v) is 7.10.